The van der Waals surface area contributed by atoms with Crippen LogP contribution in [0.15, 0.2) is 29.2 Å². The van der Waals surface area contributed by atoms with E-state index in [0.29, 0.717) is 12.0 Å². The summed E-state index contributed by atoms with van der Waals surface area (Å²) in [6, 6.07) is 5.40. The molecule has 0 bridgehead atoms. The van der Waals surface area contributed by atoms with Crippen molar-refractivity contribution in [1.29, 1.82) is 0 Å². The highest BCUT2D eigenvalue weighted by atomic mass is 32.2. The number of amides is 1. The molecule has 0 spiro atoms. The topological polar surface area (TPSA) is 93.1 Å². The van der Waals surface area contributed by atoms with Crippen LogP contribution in [0.3, 0.4) is 0 Å². The summed E-state index contributed by atoms with van der Waals surface area (Å²) < 4.78 is 90.8. The molecular formula is C17H19F5N4O3S. The smallest absolute Gasteiger partial charge is 0.348 e. The van der Waals surface area contributed by atoms with Gasteiger partial charge in [-0.1, -0.05) is 12.1 Å². The van der Waals surface area contributed by atoms with Crippen LogP contribution < -0.4 is 10.0 Å². The molecule has 0 atom stereocenters. The van der Waals surface area contributed by atoms with E-state index < -0.39 is 34.2 Å². The fourth-order valence-electron chi connectivity index (χ4n) is 2.54. The highest BCUT2D eigenvalue weighted by molar-refractivity contribution is 7.92. The maximum Gasteiger partial charge on any atom is 0.471 e. The average molecular weight is 454 g/mol. The van der Waals surface area contributed by atoms with Gasteiger partial charge in [0.1, 0.15) is 0 Å². The first-order valence-electron chi connectivity index (χ1n) is 8.61. The fourth-order valence-corrected chi connectivity index (χ4v) is 3.67. The van der Waals surface area contributed by atoms with Crippen molar-refractivity contribution in [3.8, 4) is 0 Å². The lowest BCUT2D eigenvalue weighted by Gasteiger charge is -2.10. The van der Waals surface area contributed by atoms with Gasteiger partial charge in [-0.2, -0.15) is 18.3 Å². The van der Waals surface area contributed by atoms with Crippen LogP contribution >= 0.6 is 0 Å². The summed E-state index contributed by atoms with van der Waals surface area (Å²) >= 11 is 0. The Morgan fingerprint density at radius 3 is 2.33 bits per heavy atom. The van der Waals surface area contributed by atoms with Gasteiger partial charge in [0.15, 0.2) is 5.69 Å². The van der Waals surface area contributed by atoms with Crippen LogP contribution in [0.1, 0.15) is 29.8 Å². The molecule has 0 unspecified atom stereocenters. The molecule has 0 aliphatic heterocycles. The van der Waals surface area contributed by atoms with Crippen molar-refractivity contribution < 1.29 is 35.2 Å². The Bertz CT molecular complexity index is 1000. The van der Waals surface area contributed by atoms with E-state index in [1.54, 1.807) is 5.32 Å². The maximum absolute atomic E-state index is 13.1. The third kappa shape index (κ3) is 5.68. The third-order valence-corrected chi connectivity index (χ3v) is 5.59. The zero-order chi connectivity index (χ0) is 22.7. The number of carbonyl (C=O) groups is 1. The highest BCUT2D eigenvalue weighted by Gasteiger charge is 2.38. The summed E-state index contributed by atoms with van der Waals surface area (Å²) in [5, 5.41) is 5.35. The molecule has 30 heavy (non-hydrogen) atoms. The fraction of sp³-hybridized carbons (Fsp3) is 0.412. The first kappa shape index (κ1) is 23.6. The van der Waals surface area contributed by atoms with Gasteiger partial charge in [0.25, 0.3) is 16.4 Å². The van der Waals surface area contributed by atoms with Crippen LogP contribution in [-0.2, 0) is 28.3 Å². The number of halogens is 5. The number of rotatable bonds is 8. The summed E-state index contributed by atoms with van der Waals surface area (Å²) in [5.74, 6) is -2.02. The van der Waals surface area contributed by atoms with Gasteiger partial charge in [0, 0.05) is 13.6 Å². The maximum atomic E-state index is 13.1. The zero-order valence-electron chi connectivity index (χ0n) is 15.9. The second-order valence-corrected chi connectivity index (χ2v) is 8.06. The number of aryl methyl sites for hydroxylation is 2. The van der Waals surface area contributed by atoms with Crippen LogP contribution in [-0.4, -0.2) is 36.8 Å². The minimum Gasteiger partial charge on any atom is -0.348 e. The Hall–Kier alpha value is -2.70. The normalized spacial score (nSPS) is 12.3. The molecule has 0 saturated carbocycles. The molecule has 2 N–H and O–H groups in total. The number of nitrogens with one attached hydrogen (secondary N) is 2. The van der Waals surface area contributed by atoms with Crippen molar-refractivity contribution in [2.24, 2.45) is 7.05 Å². The van der Waals surface area contributed by atoms with Crippen molar-refractivity contribution in [3.63, 3.8) is 0 Å². The molecule has 0 saturated heterocycles. The lowest BCUT2D eigenvalue weighted by molar-refractivity contribution is -0.173. The molecule has 1 aromatic heterocycles. The molecule has 0 radical (unpaired) electrons. The second kappa shape index (κ2) is 8.98. The summed E-state index contributed by atoms with van der Waals surface area (Å²) in [7, 11) is -2.76. The summed E-state index contributed by atoms with van der Waals surface area (Å²) in [4.78, 5) is 10.5. The van der Waals surface area contributed by atoms with Crippen LogP contribution in [0.2, 0.25) is 0 Å². The Morgan fingerprint density at radius 2 is 1.80 bits per heavy atom. The van der Waals surface area contributed by atoms with Gasteiger partial charge in [-0.05, 0) is 37.5 Å². The minimum absolute atomic E-state index is 0.180. The van der Waals surface area contributed by atoms with E-state index in [-0.39, 0.29) is 29.2 Å². The number of sulfonamides is 1. The number of anilines is 1. The predicted molar refractivity (Wildman–Crippen MR) is 97.5 cm³/mol. The quantitative estimate of drug-likeness (QED) is 0.474. The molecule has 0 aliphatic carbocycles. The average Bonchev–Trinajstić information content (AvgIpc) is 2.93. The molecular weight excluding hydrogens is 435 g/mol. The largest absolute Gasteiger partial charge is 0.471 e. The van der Waals surface area contributed by atoms with Crippen LogP contribution in [0.5, 0.6) is 0 Å². The lowest BCUT2D eigenvalue weighted by Crippen LogP contribution is -2.37. The second-order valence-electron chi connectivity index (χ2n) is 6.38. The molecule has 2 rings (SSSR count). The molecule has 0 fully saturated rings. The van der Waals surface area contributed by atoms with E-state index in [1.807, 2.05) is 0 Å². The van der Waals surface area contributed by atoms with Crippen LogP contribution in [0, 0.1) is 6.92 Å². The van der Waals surface area contributed by atoms with Crippen molar-refractivity contribution in [2.45, 2.75) is 37.3 Å². The van der Waals surface area contributed by atoms with E-state index in [4.69, 9.17) is 0 Å². The Balaban J connectivity index is 2.03. The third-order valence-electron chi connectivity index (χ3n) is 4.22. The van der Waals surface area contributed by atoms with E-state index in [0.717, 1.165) is 4.68 Å². The number of carbonyl (C=O) groups excluding carboxylic acids is 1. The standard InChI is InChI=1S/C17H19F5N4O3S/c1-10-13(14(15(18)19)24-26(10)2)25-30(28,29)12-7-5-11(6-8-12)4-3-9-23-16(27)17(20,21)22/h5-8,15,25H,3-4,9H2,1-2H3,(H,23,27). The van der Waals surface area contributed by atoms with Gasteiger partial charge in [0.2, 0.25) is 0 Å². The number of hydrogen-bond donors (Lipinski definition) is 2. The number of alkyl halides is 5. The highest BCUT2D eigenvalue weighted by Crippen LogP contribution is 2.30. The number of hydrogen-bond acceptors (Lipinski definition) is 4. The van der Waals surface area contributed by atoms with E-state index in [2.05, 4.69) is 9.82 Å². The molecule has 0 aliphatic rings. The predicted octanol–water partition coefficient (Wildman–Crippen LogP) is 3.08. The van der Waals surface area contributed by atoms with Gasteiger partial charge >= 0.3 is 12.1 Å². The van der Waals surface area contributed by atoms with Gasteiger partial charge in [-0.25, -0.2) is 17.2 Å². The Morgan fingerprint density at radius 1 is 1.20 bits per heavy atom. The van der Waals surface area contributed by atoms with E-state index in [1.165, 1.54) is 38.2 Å². The molecule has 2 aromatic rings. The minimum atomic E-state index is -4.94. The number of nitrogens with zero attached hydrogens (tertiary/aromatic N) is 2. The Labute approximate surface area is 169 Å². The van der Waals surface area contributed by atoms with Crippen molar-refractivity contribution >= 4 is 21.6 Å². The SMILES string of the molecule is Cc1c(NS(=O)(=O)c2ccc(CCCNC(=O)C(F)(F)F)cc2)c(C(F)F)nn1C. The van der Waals surface area contributed by atoms with Gasteiger partial charge in [-0.3, -0.25) is 14.2 Å². The number of aromatic nitrogens is 2. The molecule has 1 amide bonds. The molecule has 13 heteroatoms. The number of benzene rings is 1. The zero-order valence-corrected chi connectivity index (χ0v) is 16.7. The van der Waals surface area contributed by atoms with Crippen LogP contribution in [0.25, 0.3) is 0 Å². The van der Waals surface area contributed by atoms with Gasteiger partial charge in [0.05, 0.1) is 16.3 Å². The first-order valence-corrected chi connectivity index (χ1v) is 10.1. The monoisotopic (exact) mass is 454 g/mol. The van der Waals surface area contributed by atoms with Gasteiger partial charge in [-0.15, -0.1) is 0 Å². The summed E-state index contributed by atoms with van der Waals surface area (Å²) in [6.07, 6.45) is -7.41. The summed E-state index contributed by atoms with van der Waals surface area (Å²) in [5.41, 5.74) is -0.138. The molecule has 7 nitrogen and oxygen atoms in total. The van der Waals surface area contributed by atoms with Crippen LogP contribution in [0.4, 0.5) is 27.6 Å². The molecule has 166 valence electrons. The van der Waals surface area contributed by atoms with E-state index in [9.17, 15) is 35.2 Å². The molecule has 1 heterocycles. The van der Waals surface area contributed by atoms with Crippen molar-refractivity contribution in [2.75, 3.05) is 11.3 Å². The van der Waals surface area contributed by atoms with Gasteiger partial charge < -0.3 is 5.32 Å². The first-order chi connectivity index (χ1) is 13.8. The van der Waals surface area contributed by atoms with E-state index >= 15 is 0 Å². The Kier molecular flexibility index (Phi) is 7.06. The van der Waals surface area contributed by atoms with Crippen molar-refractivity contribution in [3.05, 3.63) is 41.2 Å². The molecule has 1 aromatic carbocycles. The lowest BCUT2D eigenvalue weighted by atomic mass is 10.1. The van der Waals surface area contributed by atoms with Crippen molar-refractivity contribution in [1.82, 2.24) is 15.1 Å². The summed E-state index contributed by atoms with van der Waals surface area (Å²) in [6.45, 7) is 1.24.